The molecular formula is C10H8LiNO2. The molecular weight excluding hydrogens is 173 g/mol. The van der Waals surface area contributed by atoms with Crippen LogP contribution >= 0.6 is 0 Å². The molecule has 0 saturated carbocycles. The minimum Gasteiger partial charge on any atom is -0.859 e. The number of carbonyl (C=O) groups excluding carboxylic acids is 1. The maximum absolute atomic E-state index is 11.2. The second-order valence-corrected chi connectivity index (χ2v) is 2.91. The van der Waals surface area contributed by atoms with Gasteiger partial charge in [0.05, 0.1) is 0 Å². The summed E-state index contributed by atoms with van der Waals surface area (Å²) >= 11 is 0. The predicted molar refractivity (Wildman–Crippen MR) is 46.6 cm³/mol. The molecule has 0 spiro atoms. The Morgan fingerprint density at radius 3 is 2.29 bits per heavy atom. The van der Waals surface area contributed by atoms with E-state index in [9.17, 15) is 9.90 Å². The topological polar surface area (TPSA) is 43.4 Å². The first kappa shape index (κ1) is 10.9. The van der Waals surface area contributed by atoms with Crippen LogP contribution in [0.5, 0.6) is 0 Å². The van der Waals surface area contributed by atoms with Crippen LogP contribution in [0.2, 0.25) is 0 Å². The molecule has 0 N–H and O–H groups in total. The number of rotatable bonds is 1. The minimum absolute atomic E-state index is 0. The number of amides is 1. The van der Waals surface area contributed by atoms with Crippen molar-refractivity contribution >= 4 is 11.6 Å². The average Bonchev–Trinajstić information content (AvgIpc) is 2.19. The number of carbonyl (C=O) groups is 1. The second kappa shape index (κ2) is 3.91. The van der Waals surface area contributed by atoms with Crippen LogP contribution < -0.4 is 28.9 Å². The fourth-order valence-corrected chi connectivity index (χ4v) is 1.28. The van der Waals surface area contributed by atoms with Gasteiger partial charge in [-0.15, -0.1) is 0 Å². The Morgan fingerprint density at radius 1 is 1.21 bits per heavy atom. The van der Waals surface area contributed by atoms with Crippen LogP contribution in [-0.4, -0.2) is 5.91 Å². The van der Waals surface area contributed by atoms with Crippen LogP contribution in [0.4, 0.5) is 5.69 Å². The molecule has 1 aliphatic rings. The molecule has 0 aliphatic carbocycles. The normalized spacial score (nSPS) is 14.9. The van der Waals surface area contributed by atoms with E-state index in [1.165, 1.54) is 4.90 Å². The Labute approximate surface area is 94.2 Å². The monoisotopic (exact) mass is 181 g/mol. The molecule has 1 aromatic rings. The molecule has 0 unspecified atom stereocenters. The third kappa shape index (κ3) is 1.45. The fraction of sp³-hybridized carbons (Fsp3) is 0.100. The van der Waals surface area contributed by atoms with Crippen molar-refractivity contribution in [2.75, 3.05) is 4.90 Å². The van der Waals surface area contributed by atoms with Crippen molar-refractivity contribution in [3.8, 4) is 0 Å². The van der Waals surface area contributed by atoms with Gasteiger partial charge in [0.25, 0.3) is 5.91 Å². The first-order chi connectivity index (χ1) is 6.22. The number of hydrogen-bond donors (Lipinski definition) is 0. The van der Waals surface area contributed by atoms with E-state index in [4.69, 9.17) is 0 Å². The molecule has 0 radical (unpaired) electrons. The van der Waals surface area contributed by atoms with Crippen molar-refractivity contribution in [1.82, 2.24) is 0 Å². The Hall–Kier alpha value is -1.17. The van der Waals surface area contributed by atoms with Gasteiger partial charge in [0.1, 0.15) is 0 Å². The Kier molecular flexibility index (Phi) is 3.05. The van der Waals surface area contributed by atoms with E-state index in [0.29, 0.717) is 11.3 Å². The smallest absolute Gasteiger partial charge is 0.859 e. The van der Waals surface area contributed by atoms with E-state index in [-0.39, 0.29) is 30.7 Å². The van der Waals surface area contributed by atoms with Gasteiger partial charge < -0.3 is 5.11 Å². The van der Waals surface area contributed by atoms with Crippen molar-refractivity contribution in [3.05, 3.63) is 41.8 Å². The van der Waals surface area contributed by atoms with E-state index in [0.717, 1.165) is 0 Å². The molecule has 4 heteroatoms. The maximum atomic E-state index is 11.2. The van der Waals surface area contributed by atoms with Gasteiger partial charge in [0.2, 0.25) is 0 Å². The van der Waals surface area contributed by atoms with Crippen molar-refractivity contribution in [2.24, 2.45) is 0 Å². The predicted octanol–water partition coefficient (Wildman–Crippen LogP) is -2.37. The van der Waals surface area contributed by atoms with Gasteiger partial charge >= 0.3 is 18.9 Å². The molecule has 0 atom stereocenters. The quantitative estimate of drug-likeness (QED) is 0.454. The summed E-state index contributed by atoms with van der Waals surface area (Å²) < 4.78 is 0. The van der Waals surface area contributed by atoms with Crippen molar-refractivity contribution in [2.45, 2.75) is 6.92 Å². The summed E-state index contributed by atoms with van der Waals surface area (Å²) in [6.07, 6.45) is 0. The minimum atomic E-state index is -0.198. The van der Waals surface area contributed by atoms with E-state index >= 15 is 0 Å². The molecule has 0 saturated heterocycles. The Morgan fingerprint density at radius 2 is 1.79 bits per heavy atom. The Bertz CT molecular complexity index is 386. The summed E-state index contributed by atoms with van der Waals surface area (Å²) in [5.41, 5.74) is 0.951. The zero-order valence-corrected chi connectivity index (χ0v) is 8.15. The van der Waals surface area contributed by atoms with E-state index in [1.807, 2.05) is 6.07 Å². The van der Waals surface area contributed by atoms with Crippen LogP contribution in [0.1, 0.15) is 6.92 Å². The molecule has 66 valence electrons. The number of hydrogen-bond acceptors (Lipinski definition) is 2. The molecule has 1 amide bonds. The number of nitrogens with zero attached hydrogens (tertiary/aromatic N) is 1. The molecule has 1 heterocycles. The molecule has 3 nitrogen and oxygen atoms in total. The first-order valence-electron chi connectivity index (χ1n) is 3.99. The zero-order valence-electron chi connectivity index (χ0n) is 8.15. The molecule has 14 heavy (non-hydrogen) atoms. The van der Waals surface area contributed by atoms with Crippen molar-refractivity contribution in [3.63, 3.8) is 0 Å². The summed E-state index contributed by atoms with van der Waals surface area (Å²) in [6.45, 7) is 1.55. The van der Waals surface area contributed by atoms with Crippen LogP contribution in [0.3, 0.4) is 0 Å². The maximum Gasteiger partial charge on any atom is 1.00 e. The van der Waals surface area contributed by atoms with Crippen LogP contribution in [-0.2, 0) is 4.79 Å². The van der Waals surface area contributed by atoms with Gasteiger partial charge in [-0.25, -0.2) is 0 Å². The van der Waals surface area contributed by atoms with Gasteiger partial charge in [-0.3, -0.25) is 9.69 Å². The third-order valence-electron chi connectivity index (χ3n) is 2.06. The summed E-state index contributed by atoms with van der Waals surface area (Å²) in [5, 5.41) is 11.2. The van der Waals surface area contributed by atoms with Crippen molar-refractivity contribution < 1.29 is 28.8 Å². The van der Waals surface area contributed by atoms with Gasteiger partial charge in [0, 0.05) is 11.3 Å². The summed E-state index contributed by atoms with van der Waals surface area (Å²) in [5.74, 6) is -0.396. The summed E-state index contributed by atoms with van der Waals surface area (Å²) in [6, 6.07) is 8.91. The van der Waals surface area contributed by atoms with E-state index in [2.05, 4.69) is 0 Å². The first-order valence-corrected chi connectivity index (χ1v) is 3.99. The molecule has 0 aromatic heterocycles. The van der Waals surface area contributed by atoms with Crippen LogP contribution in [0.15, 0.2) is 41.8 Å². The van der Waals surface area contributed by atoms with Gasteiger partial charge in [-0.2, -0.15) is 0 Å². The largest absolute Gasteiger partial charge is 1.00 e. The fourth-order valence-electron chi connectivity index (χ4n) is 1.28. The van der Waals surface area contributed by atoms with Gasteiger partial charge in [-0.1, -0.05) is 18.2 Å². The SMILES string of the molecule is CC1=C([O-])N(c2ccccc2)C1=O.[Li+]. The Balaban J connectivity index is 0.000000980. The van der Waals surface area contributed by atoms with Crippen LogP contribution in [0, 0.1) is 0 Å². The average molecular weight is 181 g/mol. The van der Waals surface area contributed by atoms with Crippen molar-refractivity contribution in [1.29, 1.82) is 0 Å². The van der Waals surface area contributed by atoms with Gasteiger partial charge in [-0.05, 0) is 24.9 Å². The molecule has 1 aliphatic heterocycles. The van der Waals surface area contributed by atoms with Gasteiger partial charge in [0.15, 0.2) is 0 Å². The standard InChI is InChI=1S/C10H9NO2.Li/c1-7-9(12)11(10(7)13)8-5-3-2-4-6-8;/h2-6,12H,1H3;/q;+1/p-1. The third-order valence-corrected chi connectivity index (χ3v) is 2.06. The molecule has 0 bridgehead atoms. The summed E-state index contributed by atoms with van der Waals surface area (Å²) in [4.78, 5) is 12.4. The zero-order chi connectivity index (χ0) is 9.42. The number of anilines is 1. The molecule has 0 fully saturated rings. The number of para-hydroxylation sites is 1. The van der Waals surface area contributed by atoms with E-state index < -0.39 is 0 Å². The van der Waals surface area contributed by atoms with Crippen LogP contribution in [0.25, 0.3) is 0 Å². The summed E-state index contributed by atoms with van der Waals surface area (Å²) in [7, 11) is 0. The molecule has 1 aromatic carbocycles. The van der Waals surface area contributed by atoms with E-state index in [1.54, 1.807) is 31.2 Å². The molecule has 2 rings (SSSR count). The number of benzene rings is 1. The second-order valence-electron chi connectivity index (χ2n) is 2.91.